The second-order valence-corrected chi connectivity index (χ2v) is 6.42. The Morgan fingerprint density at radius 3 is 2.67 bits per heavy atom. The SMILES string of the molecule is Cc1ccc(C(C)C)cc1OC(C)C(=O)N1CCOC(C(=O)O)C1. The number of carbonyl (C=O) groups excluding carboxylic acids is 1. The number of morpholine rings is 1. The molecule has 0 aliphatic carbocycles. The molecule has 1 aliphatic rings. The molecule has 1 aliphatic heterocycles. The molecule has 0 spiro atoms. The maximum atomic E-state index is 12.6. The second-order valence-electron chi connectivity index (χ2n) is 6.42. The summed E-state index contributed by atoms with van der Waals surface area (Å²) in [5.74, 6) is -0.222. The van der Waals surface area contributed by atoms with Crippen LogP contribution in [0.4, 0.5) is 0 Å². The summed E-state index contributed by atoms with van der Waals surface area (Å²) in [6, 6.07) is 6.00. The van der Waals surface area contributed by atoms with E-state index in [1.807, 2.05) is 19.1 Å². The molecular formula is C18H25NO5. The number of hydrogen-bond acceptors (Lipinski definition) is 4. The van der Waals surface area contributed by atoms with E-state index in [0.717, 1.165) is 11.1 Å². The summed E-state index contributed by atoms with van der Waals surface area (Å²) in [6.07, 6.45) is -1.65. The molecule has 1 saturated heterocycles. The molecule has 0 saturated carbocycles. The van der Waals surface area contributed by atoms with Crippen LogP contribution in [0.25, 0.3) is 0 Å². The fourth-order valence-electron chi connectivity index (χ4n) is 2.60. The first kappa shape index (κ1) is 18.3. The standard InChI is InChI=1S/C18H25NO5/c1-11(2)14-6-5-12(3)15(9-14)24-13(4)17(20)19-7-8-23-16(10-19)18(21)22/h5-6,9,11,13,16H,7-8,10H2,1-4H3,(H,21,22). The van der Waals surface area contributed by atoms with Crippen LogP contribution in [0.3, 0.4) is 0 Å². The summed E-state index contributed by atoms with van der Waals surface area (Å²) in [5, 5.41) is 9.04. The van der Waals surface area contributed by atoms with E-state index in [4.69, 9.17) is 14.6 Å². The molecule has 1 heterocycles. The fraction of sp³-hybridized carbons (Fsp3) is 0.556. The van der Waals surface area contributed by atoms with Gasteiger partial charge >= 0.3 is 5.97 Å². The third-order valence-electron chi connectivity index (χ3n) is 4.18. The van der Waals surface area contributed by atoms with Crippen LogP contribution in [-0.2, 0) is 14.3 Å². The predicted octanol–water partition coefficient (Wildman–Crippen LogP) is 2.20. The summed E-state index contributed by atoms with van der Waals surface area (Å²) >= 11 is 0. The zero-order valence-electron chi connectivity index (χ0n) is 14.6. The average molecular weight is 335 g/mol. The van der Waals surface area contributed by atoms with Crippen LogP contribution in [0.5, 0.6) is 5.75 Å². The number of hydrogen-bond donors (Lipinski definition) is 1. The van der Waals surface area contributed by atoms with Gasteiger partial charge in [-0.25, -0.2) is 4.79 Å². The minimum atomic E-state index is -1.05. The molecule has 2 unspecified atom stereocenters. The molecule has 2 rings (SSSR count). The van der Waals surface area contributed by atoms with Crippen molar-refractivity contribution in [2.75, 3.05) is 19.7 Å². The Morgan fingerprint density at radius 2 is 2.04 bits per heavy atom. The summed E-state index contributed by atoms with van der Waals surface area (Å²) in [7, 11) is 0. The van der Waals surface area contributed by atoms with E-state index in [-0.39, 0.29) is 19.1 Å². The van der Waals surface area contributed by atoms with Crippen molar-refractivity contribution in [2.24, 2.45) is 0 Å². The van der Waals surface area contributed by atoms with E-state index in [1.165, 1.54) is 4.90 Å². The molecule has 2 atom stereocenters. The van der Waals surface area contributed by atoms with Crippen LogP contribution >= 0.6 is 0 Å². The summed E-state index contributed by atoms with van der Waals surface area (Å²) in [5.41, 5.74) is 2.11. The van der Waals surface area contributed by atoms with Gasteiger partial charge in [0.05, 0.1) is 13.2 Å². The summed E-state index contributed by atoms with van der Waals surface area (Å²) in [6.45, 7) is 8.47. The van der Waals surface area contributed by atoms with E-state index in [2.05, 4.69) is 19.9 Å². The highest BCUT2D eigenvalue weighted by Crippen LogP contribution is 2.25. The van der Waals surface area contributed by atoms with Crippen molar-refractivity contribution >= 4 is 11.9 Å². The van der Waals surface area contributed by atoms with E-state index in [1.54, 1.807) is 6.92 Å². The number of aryl methyl sites for hydroxylation is 1. The Morgan fingerprint density at radius 1 is 1.33 bits per heavy atom. The number of carboxylic acids is 1. The Balaban J connectivity index is 2.06. The van der Waals surface area contributed by atoms with E-state index < -0.39 is 18.2 Å². The van der Waals surface area contributed by atoms with Crippen LogP contribution in [0.1, 0.15) is 37.8 Å². The van der Waals surface area contributed by atoms with Gasteiger partial charge in [0.2, 0.25) is 0 Å². The van der Waals surface area contributed by atoms with Crippen LogP contribution in [0, 0.1) is 6.92 Å². The van der Waals surface area contributed by atoms with Crippen molar-refractivity contribution in [3.05, 3.63) is 29.3 Å². The van der Waals surface area contributed by atoms with Gasteiger partial charge in [0, 0.05) is 6.54 Å². The molecule has 0 radical (unpaired) electrons. The molecule has 1 aromatic carbocycles. The van der Waals surface area contributed by atoms with E-state index in [0.29, 0.717) is 18.2 Å². The van der Waals surface area contributed by atoms with Gasteiger partial charge in [0.15, 0.2) is 12.2 Å². The van der Waals surface area contributed by atoms with Gasteiger partial charge in [0.1, 0.15) is 5.75 Å². The molecule has 24 heavy (non-hydrogen) atoms. The first-order valence-corrected chi connectivity index (χ1v) is 8.20. The molecule has 132 valence electrons. The van der Waals surface area contributed by atoms with Gasteiger partial charge in [-0.1, -0.05) is 26.0 Å². The third kappa shape index (κ3) is 4.26. The molecule has 6 nitrogen and oxygen atoms in total. The fourth-order valence-corrected chi connectivity index (χ4v) is 2.60. The molecule has 0 aromatic heterocycles. The molecule has 1 N–H and O–H groups in total. The highest BCUT2D eigenvalue weighted by atomic mass is 16.5. The number of aliphatic carboxylic acids is 1. The van der Waals surface area contributed by atoms with Crippen molar-refractivity contribution in [3.63, 3.8) is 0 Å². The monoisotopic (exact) mass is 335 g/mol. The molecule has 1 fully saturated rings. The lowest BCUT2D eigenvalue weighted by Crippen LogP contribution is -2.51. The van der Waals surface area contributed by atoms with Crippen LogP contribution in [0.2, 0.25) is 0 Å². The van der Waals surface area contributed by atoms with Gasteiger partial charge in [0.25, 0.3) is 5.91 Å². The van der Waals surface area contributed by atoms with Crippen LogP contribution in [0.15, 0.2) is 18.2 Å². The lowest BCUT2D eigenvalue weighted by atomic mass is 10.0. The van der Waals surface area contributed by atoms with Crippen molar-refractivity contribution < 1.29 is 24.2 Å². The molecule has 1 aromatic rings. The minimum absolute atomic E-state index is 0.0485. The largest absolute Gasteiger partial charge is 0.481 e. The van der Waals surface area contributed by atoms with Gasteiger partial charge in [-0.3, -0.25) is 4.79 Å². The Bertz CT molecular complexity index is 613. The first-order valence-electron chi connectivity index (χ1n) is 8.20. The zero-order valence-corrected chi connectivity index (χ0v) is 14.6. The number of nitrogens with zero attached hydrogens (tertiary/aromatic N) is 1. The molecule has 1 amide bonds. The van der Waals surface area contributed by atoms with Gasteiger partial charge in [-0.2, -0.15) is 0 Å². The Labute approximate surface area is 142 Å². The number of benzene rings is 1. The number of amides is 1. The lowest BCUT2D eigenvalue weighted by molar-refractivity contribution is -0.161. The molecule has 0 bridgehead atoms. The number of carbonyl (C=O) groups is 2. The van der Waals surface area contributed by atoms with E-state index in [9.17, 15) is 9.59 Å². The van der Waals surface area contributed by atoms with Crippen molar-refractivity contribution in [1.82, 2.24) is 4.90 Å². The normalized spacial score (nSPS) is 19.2. The maximum absolute atomic E-state index is 12.6. The van der Waals surface area contributed by atoms with Gasteiger partial charge in [-0.15, -0.1) is 0 Å². The number of ether oxygens (including phenoxy) is 2. The number of rotatable bonds is 5. The van der Waals surface area contributed by atoms with Crippen molar-refractivity contribution in [3.8, 4) is 5.75 Å². The molecule has 6 heteroatoms. The van der Waals surface area contributed by atoms with Crippen molar-refractivity contribution in [1.29, 1.82) is 0 Å². The number of carboxylic acid groups (broad SMARTS) is 1. The highest BCUT2D eigenvalue weighted by Gasteiger charge is 2.31. The highest BCUT2D eigenvalue weighted by molar-refractivity contribution is 5.82. The van der Waals surface area contributed by atoms with Crippen molar-refractivity contribution in [2.45, 2.75) is 45.8 Å². The van der Waals surface area contributed by atoms with Crippen LogP contribution < -0.4 is 4.74 Å². The average Bonchev–Trinajstić information content (AvgIpc) is 2.55. The zero-order chi connectivity index (χ0) is 17.9. The second kappa shape index (κ2) is 7.66. The summed E-state index contributed by atoms with van der Waals surface area (Å²) in [4.78, 5) is 25.1. The van der Waals surface area contributed by atoms with Gasteiger partial charge in [-0.05, 0) is 37.0 Å². The Hall–Kier alpha value is -2.08. The Kier molecular flexibility index (Phi) is 5.83. The van der Waals surface area contributed by atoms with Crippen LogP contribution in [-0.4, -0.2) is 53.8 Å². The maximum Gasteiger partial charge on any atom is 0.334 e. The first-order chi connectivity index (χ1) is 11.3. The smallest absolute Gasteiger partial charge is 0.334 e. The minimum Gasteiger partial charge on any atom is -0.481 e. The summed E-state index contributed by atoms with van der Waals surface area (Å²) < 4.78 is 11.0. The third-order valence-corrected chi connectivity index (χ3v) is 4.18. The van der Waals surface area contributed by atoms with E-state index >= 15 is 0 Å². The molecular weight excluding hydrogens is 310 g/mol. The predicted molar refractivity (Wildman–Crippen MR) is 89.3 cm³/mol. The van der Waals surface area contributed by atoms with Gasteiger partial charge < -0.3 is 19.5 Å². The quantitative estimate of drug-likeness (QED) is 0.893. The topological polar surface area (TPSA) is 76.1 Å². The lowest BCUT2D eigenvalue weighted by Gasteiger charge is -2.32.